The smallest absolute Gasteiger partial charge is 0.274 e. The molecule has 2 aromatic heterocycles. The molecule has 130 valence electrons. The fourth-order valence-corrected chi connectivity index (χ4v) is 3.76. The molecule has 0 spiro atoms. The largest absolute Gasteiger partial charge is 0.340 e. The summed E-state index contributed by atoms with van der Waals surface area (Å²) < 4.78 is 14.9. The van der Waals surface area contributed by atoms with Crippen LogP contribution in [0.2, 0.25) is 0 Å². The molecule has 0 aliphatic carbocycles. The van der Waals surface area contributed by atoms with Gasteiger partial charge < -0.3 is 4.57 Å². The maximum Gasteiger partial charge on any atom is 0.274 e. The van der Waals surface area contributed by atoms with Crippen LogP contribution in [0.1, 0.15) is 20.9 Å². The zero-order chi connectivity index (χ0) is 18.1. The molecule has 0 aliphatic heterocycles. The predicted octanol–water partition coefficient (Wildman–Crippen LogP) is 4.62. The van der Waals surface area contributed by atoms with E-state index in [0.29, 0.717) is 17.2 Å². The molecule has 4 aromatic rings. The van der Waals surface area contributed by atoms with E-state index in [1.54, 1.807) is 18.3 Å². The Kier molecular flexibility index (Phi) is 4.26. The van der Waals surface area contributed by atoms with Gasteiger partial charge in [-0.15, -0.1) is 11.3 Å². The zero-order valence-corrected chi connectivity index (χ0v) is 14.9. The molecule has 26 heavy (non-hydrogen) atoms. The first-order chi connectivity index (χ1) is 12.6. The van der Waals surface area contributed by atoms with Crippen molar-refractivity contribution in [2.45, 2.75) is 6.42 Å². The number of thiazole rings is 1. The first-order valence-electron chi connectivity index (χ1n) is 8.15. The number of benzene rings is 2. The Bertz CT molecular complexity index is 1080. The van der Waals surface area contributed by atoms with Gasteiger partial charge in [-0.2, -0.15) is 0 Å². The standard InChI is InChI=1S/C20H16FN3OS/c1-24-17-5-3-2-4-14(17)11-18(24)19(25)23-20-22-12-16(26-20)10-13-6-8-15(21)9-7-13/h2-9,11-12H,10H2,1H3,(H,22,23,25). The lowest BCUT2D eigenvalue weighted by Gasteiger charge is -2.03. The predicted molar refractivity (Wildman–Crippen MR) is 102 cm³/mol. The van der Waals surface area contributed by atoms with Gasteiger partial charge in [0, 0.05) is 35.4 Å². The van der Waals surface area contributed by atoms with E-state index in [2.05, 4.69) is 10.3 Å². The van der Waals surface area contributed by atoms with E-state index in [0.717, 1.165) is 21.3 Å². The highest BCUT2D eigenvalue weighted by Gasteiger charge is 2.15. The molecule has 4 rings (SSSR count). The Morgan fingerprint density at radius 1 is 1.19 bits per heavy atom. The molecular formula is C20H16FN3OS. The molecule has 0 saturated carbocycles. The Labute approximate surface area is 153 Å². The van der Waals surface area contributed by atoms with Gasteiger partial charge in [-0.3, -0.25) is 10.1 Å². The quantitative estimate of drug-likeness (QED) is 0.574. The minimum atomic E-state index is -0.249. The molecule has 2 heterocycles. The van der Waals surface area contributed by atoms with Crippen LogP contribution in [0.5, 0.6) is 0 Å². The van der Waals surface area contributed by atoms with Crippen LogP contribution in [-0.4, -0.2) is 15.5 Å². The van der Waals surface area contributed by atoms with Gasteiger partial charge >= 0.3 is 0 Å². The van der Waals surface area contributed by atoms with Crippen molar-refractivity contribution in [1.29, 1.82) is 0 Å². The highest BCUT2D eigenvalue weighted by molar-refractivity contribution is 7.15. The molecule has 0 saturated heterocycles. The van der Waals surface area contributed by atoms with Gasteiger partial charge in [-0.05, 0) is 29.8 Å². The number of aromatic nitrogens is 2. The molecule has 0 bridgehead atoms. The number of nitrogens with one attached hydrogen (secondary N) is 1. The summed E-state index contributed by atoms with van der Waals surface area (Å²) in [5, 5.41) is 4.44. The van der Waals surface area contributed by atoms with Gasteiger partial charge in [-0.25, -0.2) is 9.37 Å². The number of aryl methyl sites for hydroxylation is 1. The summed E-state index contributed by atoms with van der Waals surface area (Å²) in [6, 6.07) is 16.1. The second kappa shape index (κ2) is 6.72. The topological polar surface area (TPSA) is 46.9 Å². The summed E-state index contributed by atoms with van der Waals surface area (Å²) >= 11 is 1.42. The first kappa shape index (κ1) is 16.5. The molecule has 1 amide bonds. The lowest BCUT2D eigenvalue weighted by Crippen LogP contribution is -2.15. The highest BCUT2D eigenvalue weighted by atomic mass is 32.1. The van der Waals surface area contributed by atoms with Crippen LogP contribution in [0, 0.1) is 5.82 Å². The average molecular weight is 365 g/mol. The Hall–Kier alpha value is -2.99. The van der Waals surface area contributed by atoms with Crippen LogP contribution in [-0.2, 0) is 13.5 Å². The summed E-state index contributed by atoms with van der Waals surface area (Å²) in [7, 11) is 1.87. The van der Waals surface area contributed by atoms with Crippen molar-refractivity contribution in [3.05, 3.63) is 82.7 Å². The van der Waals surface area contributed by atoms with Gasteiger partial charge in [0.25, 0.3) is 5.91 Å². The number of halogens is 1. The number of hydrogen-bond donors (Lipinski definition) is 1. The van der Waals surface area contributed by atoms with Crippen LogP contribution < -0.4 is 5.32 Å². The highest BCUT2D eigenvalue weighted by Crippen LogP contribution is 2.23. The summed E-state index contributed by atoms with van der Waals surface area (Å²) in [6.45, 7) is 0. The minimum absolute atomic E-state index is 0.189. The van der Waals surface area contributed by atoms with Crippen molar-refractivity contribution in [3.63, 3.8) is 0 Å². The van der Waals surface area contributed by atoms with E-state index >= 15 is 0 Å². The van der Waals surface area contributed by atoms with Crippen molar-refractivity contribution < 1.29 is 9.18 Å². The molecule has 0 radical (unpaired) electrons. The third-order valence-corrected chi connectivity index (χ3v) is 5.16. The van der Waals surface area contributed by atoms with Gasteiger partial charge in [0.1, 0.15) is 11.5 Å². The van der Waals surface area contributed by atoms with Gasteiger partial charge in [0.15, 0.2) is 5.13 Å². The number of nitrogens with zero attached hydrogens (tertiary/aromatic N) is 2. The summed E-state index contributed by atoms with van der Waals surface area (Å²) in [4.78, 5) is 17.9. The molecule has 2 aromatic carbocycles. The Balaban J connectivity index is 1.50. The summed E-state index contributed by atoms with van der Waals surface area (Å²) in [5.41, 5.74) is 2.59. The van der Waals surface area contributed by atoms with Gasteiger partial charge in [0.05, 0.1) is 0 Å². The maximum absolute atomic E-state index is 13.0. The number of hydrogen-bond acceptors (Lipinski definition) is 3. The summed E-state index contributed by atoms with van der Waals surface area (Å²) in [6.07, 6.45) is 2.40. The third-order valence-electron chi connectivity index (χ3n) is 4.25. The molecule has 6 heteroatoms. The number of amides is 1. The van der Waals surface area contributed by atoms with Crippen molar-refractivity contribution in [3.8, 4) is 0 Å². The third kappa shape index (κ3) is 3.23. The molecule has 4 nitrogen and oxygen atoms in total. The van der Waals surface area contributed by atoms with Crippen molar-refractivity contribution in [2.75, 3.05) is 5.32 Å². The van der Waals surface area contributed by atoms with Crippen molar-refractivity contribution in [2.24, 2.45) is 7.05 Å². The second-order valence-corrected chi connectivity index (χ2v) is 7.15. The number of carbonyl (C=O) groups excluding carboxylic acids is 1. The number of para-hydroxylation sites is 1. The van der Waals surface area contributed by atoms with Gasteiger partial charge in [-0.1, -0.05) is 30.3 Å². The monoisotopic (exact) mass is 365 g/mol. The molecule has 0 fully saturated rings. The lowest BCUT2D eigenvalue weighted by molar-refractivity contribution is 0.101. The van der Waals surface area contributed by atoms with E-state index in [1.807, 2.05) is 41.9 Å². The summed E-state index contributed by atoms with van der Waals surface area (Å²) in [5.74, 6) is -0.438. The van der Waals surface area contributed by atoms with E-state index in [1.165, 1.54) is 23.5 Å². The lowest BCUT2D eigenvalue weighted by atomic mass is 10.1. The first-order valence-corrected chi connectivity index (χ1v) is 8.97. The number of carbonyl (C=O) groups is 1. The van der Waals surface area contributed by atoms with Crippen LogP contribution in [0.3, 0.4) is 0 Å². The fraction of sp³-hybridized carbons (Fsp3) is 0.100. The Morgan fingerprint density at radius 2 is 1.96 bits per heavy atom. The number of anilines is 1. The van der Waals surface area contributed by atoms with Crippen LogP contribution in [0.15, 0.2) is 60.8 Å². The second-order valence-electron chi connectivity index (χ2n) is 6.04. The molecule has 0 atom stereocenters. The molecule has 1 N–H and O–H groups in total. The normalized spacial score (nSPS) is 11.0. The molecule has 0 aliphatic rings. The fourth-order valence-electron chi connectivity index (χ4n) is 2.92. The van der Waals surface area contributed by atoms with E-state index < -0.39 is 0 Å². The molecule has 0 unspecified atom stereocenters. The van der Waals surface area contributed by atoms with Gasteiger partial charge in [0.2, 0.25) is 0 Å². The van der Waals surface area contributed by atoms with Crippen LogP contribution in [0.4, 0.5) is 9.52 Å². The van der Waals surface area contributed by atoms with E-state index in [-0.39, 0.29) is 11.7 Å². The minimum Gasteiger partial charge on any atom is -0.340 e. The number of rotatable bonds is 4. The maximum atomic E-state index is 13.0. The SMILES string of the molecule is Cn1c(C(=O)Nc2ncc(Cc3ccc(F)cc3)s2)cc2ccccc21. The van der Waals surface area contributed by atoms with Crippen LogP contribution >= 0.6 is 11.3 Å². The molecular weight excluding hydrogens is 349 g/mol. The van der Waals surface area contributed by atoms with E-state index in [4.69, 9.17) is 0 Å². The van der Waals surface area contributed by atoms with E-state index in [9.17, 15) is 9.18 Å². The van der Waals surface area contributed by atoms with Crippen LogP contribution in [0.25, 0.3) is 10.9 Å². The Morgan fingerprint density at radius 3 is 2.73 bits per heavy atom. The zero-order valence-electron chi connectivity index (χ0n) is 14.1. The number of fused-ring (bicyclic) bond motifs is 1. The average Bonchev–Trinajstić information content (AvgIpc) is 3.22. The van der Waals surface area contributed by atoms with Crippen molar-refractivity contribution in [1.82, 2.24) is 9.55 Å². The van der Waals surface area contributed by atoms with Crippen molar-refractivity contribution >= 4 is 33.3 Å².